The molecule has 1 N–H and O–H groups in total. The summed E-state index contributed by atoms with van der Waals surface area (Å²) in [5.41, 5.74) is 1.34. The van der Waals surface area contributed by atoms with Gasteiger partial charge in [0.25, 0.3) is 0 Å². The van der Waals surface area contributed by atoms with Crippen LogP contribution in [0.5, 0.6) is 0 Å². The van der Waals surface area contributed by atoms with Gasteiger partial charge in [-0.1, -0.05) is 12.1 Å². The molecule has 0 aliphatic carbocycles. The van der Waals surface area contributed by atoms with Crippen LogP contribution in [0.4, 0.5) is 11.5 Å². The maximum Gasteiger partial charge on any atom is 0.381 e. The third kappa shape index (κ3) is 5.57. The van der Waals surface area contributed by atoms with Crippen LogP contribution in [0, 0.1) is 10.1 Å². The Morgan fingerprint density at radius 1 is 1.36 bits per heavy atom. The van der Waals surface area contributed by atoms with Gasteiger partial charge in [-0.15, -0.1) is 0 Å². The number of nitrogens with zero attached hydrogens (tertiary/aromatic N) is 3. The molecule has 0 aliphatic heterocycles. The van der Waals surface area contributed by atoms with Crippen LogP contribution in [0.2, 0.25) is 0 Å². The lowest BCUT2D eigenvalue weighted by atomic mass is 10.2. The van der Waals surface area contributed by atoms with E-state index in [1.165, 1.54) is 23.2 Å². The summed E-state index contributed by atoms with van der Waals surface area (Å²) in [4.78, 5) is 36.7. The smallest absolute Gasteiger partial charge is 0.381 e. The van der Waals surface area contributed by atoms with Gasteiger partial charge >= 0.3 is 11.8 Å². The van der Waals surface area contributed by atoms with Crippen LogP contribution in [0.25, 0.3) is 6.08 Å². The minimum atomic E-state index is -0.628. The van der Waals surface area contributed by atoms with Crippen LogP contribution in [-0.2, 0) is 20.9 Å². The molecule has 0 aliphatic rings. The molecule has 1 aromatic carbocycles. The number of nitro groups is 1. The number of imidazole rings is 1. The van der Waals surface area contributed by atoms with E-state index in [9.17, 15) is 19.7 Å². The number of benzene rings is 1. The van der Waals surface area contributed by atoms with Crippen molar-refractivity contribution in [3.63, 3.8) is 0 Å². The molecule has 1 aromatic heterocycles. The summed E-state index contributed by atoms with van der Waals surface area (Å²) in [7, 11) is 0. The molecule has 0 radical (unpaired) electrons. The highest BCUT2D eigenvalue weighted by Gasteiger charge is 2.12. The molecular formula is C16H16N4O5. The summed E-state index contributed by atoms with van der Waals surface area (Å²) in [6, 6.07) is 6.82. The molecule has 1 amide bonds. The minimum Gasteiger partial charge on any atom is -0.463 e. The first-order valence-corrected chi connectivity index (χ1v) is 7.39. The van der Waals surface area contributed by atoms with Crippen molar-refractivity contribution in [3.8, 4) is 0 Å². The number of amides is 1. The van der Waals surface area contributed by atoms with Gasteiger partial charge in [-0.05, 0) is 40.6 Å². The second-order valence-electron chi connectivity index (χ2n) is 4.92. The number of anilines is 1. The second kappa shape index (κ2) is 8.39. The predicted molar refractivity (Wildman–Crippen MR) is 89.6 cm³/mol. The van der Waals surface area contributed by atoms with Crippen LogP contribution >= 0.6 is 0 Å². The summed E-state index contributed by atoms with van der Waals surface area (Å²) in [5.74, 6) is -1.08. The van der Waals surface area contributed by atoms with Gasteiger partial charge in [-0.25, -0.2) is 4.79 Å². The highest BCUT2D eigenvalue weighted by atomic mass is 16.6. The summed E-state index contributed by atoms with van der Waals surface area (Å²) in [5, 5.41) is 13.2. The second-order valence-corrected chi connectivity index (χ2v) is 4.92. The van der Waals surface area contributed by atoms with E-state index in [1.807, 2.05) is 0 Å². The molecule has 1 heterocycles. The SMILES string of the molecule is CCOC(=O)/C=C\c1ccc(NC(=O)Cn2cnc([N+](=O)[O-])c2)cc1. The molecule has 130 valence electrons. The maximum absolute atomic E-state index is 11.9. The monoisotopic (exact) mass is 344 g/mol. The quantitative estimate of drug-likeness (QED) is 0.355. The Bertz CT molecular complexity index is 795. The number of carbonyl (C=O) groups excluding carboxylic acids is 2. The van der Waals surface area contributed by atoms with Crippen LogP contribution in [-0.4, -0.2) is 33.0 Å². The fraction of sp³-hybridized carbons (Fsp3) is 0.188. The maximum atomic E-state index is 11.9. The lowest BCUT2D eigenvalue weighted by Crippen LogP contribution is -2.17. The molecule has 0 saturated heterocycles. The molecule has 0 unspecified atom stereocenters. The van der Waals surface area contributed by atoms with Gasteiger partial charge in [0.1, 0.15) is 12.7 Å². The first-order valence-electron chi connectivity index (χ1n) is 7.39. The highest BCUT2D eigenvalue weighted by Crippen LogP contribution is 2.12. The first-order chi connectivity index (χ1) is 12.0. The highest BCUT2D eigenvalue weighted by molar-refractivity contribution is 5.91. The van der Waals surface area contributed by atoms with E-state index in [2.05, 4.69) is 10.3 Å². The molecule has 25 heavy (non-hydrogen) atoms. The number of ether oxygens (including phenoxy) is 1. The van der Waals surface area contributed by atoms with Crippen molar-refractivity contribution in [1.82, 2.24) is 9.55 Å². The normalized spacial score (nSPS) is 10.6. The van der Waals surface area contributed by atoms with E-state index in [0.717, 1.165) is 5.56 Å². The average molecular weight is 344 g/mol. The molecule has 0 atom stereocenters. The van der Waals surface area contributed by atoms with Crippen molar-refractivity contribution >= 4 is 29.5 Å². The zero-order chi connectivity index (χ0) is 18.2. The largest absolute Gasteiger partial charge is 0.463 e. The average Bonchev–Trinajstić information content (AvgIpc) is 3.03. The molecule has 9 nitrogen and oxygen atoms in total. The summed E-state index contributed by atoms with van der Waals surface area (Å²) >= 11 is 0. The summed E-state index contributed by atoms with van der Waals surface area (Å²) in [6.07, 6.45) is 5.33. The van der Waals surface area contributed by atoms with Crippen molar-refractivity contribution < 1.29 is 19.2 Å². The number of hydrogen-bond acceptors (Lipinski definition) is 6. The molecule has 2 rings (SSSR count). The fourth-order valence-corrected chi connectivity index (χ4v) is 1.93. The number of aromatic nitrogens is 2. The van der Waals surface area contributed by atoms with E-state index in [1.54, 1.807) is 37.3 Å². The first kappa shape index (κ1) is 17.9. The molecule has 0 spiro atoms. The van der Waals surface area contributed by atoms with Crippen molar-refractivity contribution in [2.24, 2.45) is 0 Å². The molecular weight excluding hydrogens is 328 g/mol. The van der Waals surface area contributed by atoms with Crippen LogP contribution in [0.15, 0.2) is 42.9 Å². The van der Waals surface area contributed by atoms with Gasteiger partial charge in [0.05, 0.1) is 6.61 Å². The standard InChI is InChI=1S/C16H16N4O5/c1-2-25-16(22)8-5-12-3-6-13(7-4-12)18-15(21)10-19-9-14(17-11-19)20(23)24/h3-9,11H,2,10H2,1H3,(H,18,21)/b8-5-. The third-order valence-corrected chi connectivity index (χ3v) is 3.03. The Morgan fingerprint density at radius 2 is 2.08 bits per heavy atom. The van der Waals surface area contributed by atoms with Crippen molar-refractivity contribution in [2.45, 2.75) is 13.5 Å². The number of hydrogen-bond donors (Lipinski definition) is 1. The molecule has 9 heteroatoms. The number of nitrogens with one attached hydrogen (secondary N) is 1. The van der Waals surface area contributed by atoms with E-state index in [-0.39, 0.29) is 18.3 Å². The third-order valence-electron chi connectivity index (χ3n) is 3.03. The van der Waals surface area contributed by atoms with Crippen LogP contribution in [0.3, 0.4) is 0 Å². The zero-order valence-electron chi connectivity index (χ0n) is 13.4. The zero-order valence-corrected chi connectivity index (χ0v) is 13.4. The Morgan fingerprint density at radius 3 is 2.68 bits per heavy atom. The fourth-order valence-electron chi connectivity index (χ4n) is 1.93. The van der Waals surface area contributed by atoms with Gasteiger partial charge in [0, 0.05) is 11.8 Å². The van der Waals surface area contributed by atoms with E-state index in [0.29, 0.717) is 12.3 Å². The molecule has 0 bridgehead atoms. The number of esters is 1. The van der Waals surface area contributed by atoms with Gasteiger partial charge in [0.15, 0.2) is 0 Å². The van der Waals surface area contributed by atoms with Crippen molar-refractivity contribution in [2.75, 3.05) is 11.9 Å². The minimum absolute atomic E-state index is 0.0919. The van der Waals surface area contributed by atoms with Gasteiger partial charge < -0.3 is 24.7 Å². The van der Waals surface area contributed by atoms with E-state index >= 15 is 0 Å². The Kier molecular flexibility index (Phi) is 5.99. The lowest BCUT2D eigenvalue weighted by Gasteiger charge is -2.05. The van der Waals surface area contributed by atoms with E-state index in [4.69, 9.17) is 4.74 Å². The Labute approximate surface area is 143 Å². The van der Waals surface area contributed by atoms with Crippen LogP contribution < -0.4 is 5.32 Å². The Hall–Kier alpha value is -3.49. The lowest BCUT2D eigenvalue weighted by molar-refractivity contribution is -0.389. The molecule has 0 fully saturated rings. The van der Waals surface area contributed by atoms with Gasteiger partial charge in [-0.3, -0.25) is 4.79 Å². The predicted octanol–water partition coefficient (Wildman–Crippen LogP) is 2.01. The van der Waals surface area contributed by atoms with Crippen molar-refractivity contribution in [1.29, 1.82) is 0 Å². The number of rotatable bonds is 7. The van der Waals surface area contributed by atoms with Gasteiger partial charge in [0.2, 0.25) is 12.2 Å². The summed E-state index contributed by atoms with van der Waals surface area (Å²) in [6.45, 7) is 1.95. The molecule has 2 aromatic rings. The molecule has 0 saturated carbocycles. The van der Waals surface area contributed by atoms with Gasteiger partial charge in [-0.2, -0.15) is 0 Å². The topological polar surface area (TPSA) is 116 Å². The van der Waals surface area contributed by atoms with E-state index < -0.39 is 10.9 Å². The summed E-state index contributed by atoms with van der Waals surface area (Å²) < 4.78 is 6.10. The Balaban J connectivity index is 1.90. The van der Waals surface area contributed by atoms with Crippen LogP contribution in [0.1, 0.15) is 12.5 Å². The van der Waals surface area contributed by atoms with Crippen molar-refractivity contribution in [3.05, 3.63) is 58.5 Å². The number of carbonyl (C=O) groups is 2.